The number of hydrogen-bond acceptors (Lipinski definition) is 3. The summed E-state index contributed by atoms with van der Waals surface area (Å²) in [5, 5.41) is 8.67. The summed E-state index contributed by atoms with van der Waals surface area (Å²) in [6.45, 7) is 0. The fourth-order valence-corrected chi connectivity index (χ4v) is 1.43. The molecule has 96 valence electrons. The highest BCUT2D eigenvalue weighted by Gasteiger charge is 2.32. The van der Waals surface area contributed by atoms with Gasteiger partial charge in [0, 0.05) is 5.56 Å². The van der Waals surface area contributed by atoms with Crippen LogP contribution < -0.4 is 0 Å². The van der Waals surface area contributed by atoms with Crippen LogP contribution in [0.25, 0.3) is 11.3 Å². The van der Waals surface area contributed by atoms with Crippen LogP contribution in [0.2, 0.25) is 0 Å². The molecule has 2 aromatic rings. The smallest absolute Gasteiger partial charge is 0.252 e. The van der Waals surface area contributed by atoms with Gasteiger partial charge in [-0.25, -0.2) is 9.37 Å². The number of alkyl halides is 3. The second-order valence-corrected chi connectivity index (χ2v) is 3.56. The molecule has 1 aromatic carbocycles. The van der Waals surface area contributed by atoms with Gasteiger partial charge in [-0.05, 0) is 12.1 Å². The Kier molecular flexibility index (Phi) is 3.17. The third-order valence-corrected chi connectivity index (χ3v) is 2.34. The molecule has 2 rings (SSSR count). The van der Waals surface area contributed by atoms with Crippen molar-refractivity contribution in [1.29, 1.82) is 5.26 Å². The fraction of sp³-hybridized carbons (Fsp3) is 0.0833. The number of rotatable bonds is 1. The van der Waals surface area contributed by atoms with Crippen LogP contribution in [0, 0.1) is 17.1 Å². The number of hydrogen-bond donors (Lipinski definition) is 0. The van der Waals surface area contributed by atoms with Gasteiger partial charge in [0.25, 0.3) is 0 Å². The van der Waals surface area contributed by atoms with E-state index in [0.717, 1.165) is 6.20 Å². The van der Waals surface area contributed by atoms with Crippen LogP contribution in [0.1, 0.15) is 11.3 Å². The van der Waals surface area contributed by atoms with Crippen molar-refractivity contribution in [3.63, 3.8) is 0 Å². The molecular weight excluding hydrogens is 262 g/mol. The highest BCUT2D eigenvalue weighted by atomic mass is 19.4. The summed E-state index contributed by atoms with van der Waals surface area (Å²) in [6, 6.07) is 5.62. The van der Waals surface area contributed by atoms with Gasteiger partial charge in [0.05, 0.1) is 23.7 Å². The zero-order valence-electron chi connectivity index (χ0n) is 9.24. The number of nitriles is 1. The molecule has 0 saturated heterocycles. The zero-order chi connectivity index (χ0) is 14.0. The maximum atomic E-state index is 13.8. The third-order valence-electron chi connectivity index (χ3n) is 2.34. The molecule has 19 heavy (non-hydrogen) atoms. The molecule has 0 bridgehead atoms. The zero-order valence-corrected chi connectivity index (χ0v) is 9.24. The lowest BCUT2D eigenvalue weighted by molar-refractivity contribution is -0.141. The molecule has 0 fully saturated rings. The molecule has 7 heteroatoms. The molecule has 0 aliphatic rings. The molecule has 0 unspecified atom stereocenters. The first-order chi connectivity index (χ1) is 8.93. The van der Waals surface area contributed by atoms with Gasteiger partial charge in [-0.2, -0.15) is 18.4 Å². The number of benzene rings is 1. The minimum absolute atomic E-state index is 0.0670. The Morgan fingerprint density at radius 3 is 2.37 bits per heavy atom. The lowest BCUT2D eigenvalue weighted by Crippen LogP contribution is -2.08. The van der Waals surface area contributed by atoms with Crippen molar-refractivity contribution in [3.05, 3.63) is 47.7 Å². The van der Waals surface area contributed by atoms with Crippen molar-refractivity contribution in [2.24, 2.45) is 0 Å². The summed E-state index contributed by atoms with van der Waals surface area (Å²) < 4.78 is 50.7. The van der Waals surface area contributed by atoms with E-state index in [1.54, 1.807) is 6.07 Å². The fourth-order valence-electron chi connectivity index (χ4n) is 1.43. The molecule has 1 aromatic heterocycles. The maximum Gasteiger partial charge on any atom is 0.434 e. The molecule has 0 N–H and O–H groups in total. The highest BCUT2D eigenvalue weighted by molar-refractivity contribution is 5.61. The van der Waals surface area contributed by atoms with Crippen molar-refractivity contribution in [2.45, 2.75) is 6.18 Å². The predicted octanol–water partition coefficient (Wildman–Crippen LogP) is 3.17. The summed E-state index contributed by atoms with van der Waals surface area (Å²) in [5.74, 6) is -0.834. The first-order valence-electron chi connectivity index (χ1n) is 5.01. The highest BCUT2D eigenvalue weighted by Crippen LogP contribution is 2.28. The van der Waals surface area contributed by atoms with Crippen molar-refractivity contribution >= 4 is 0 Å². The molecule has 0 saturated carbocycles. The second kappa shape index (κ2) is 4.65. The van der Waals surface area contributed by atoms with Gasteiger partial charge in [0.15, 0.2) is 5.69 Å². The van der Waals surface area contributed by atoms with Crippen molar-refractivity contribution in [1.82, 2.24) is 9.97 Å². The summed E-state index contributed by atoms with van der Waals surface area (Å²) in [5.41, 5.74) is -1.50. The maximum absolute atomic E-state index is 13.8. The lowest BCUT2D eigenvalue weighted by atomic mass is 10.1. The minimum Gasteiger partial charge on any atom is -0.252 e. The van der Waals surface area contributed by atoms with E-state index in [4.69, 9.17) is 5.26 Å². The molecule has 1 heterocycles. The van der Waals surface area contributed by atoms with Crippen LogP contribution in [0.15, 0.2) is 30.6 Å². The Bertz CT molecular complexity index is 642. The van der Waals surface area contributed by atoms with E-state index in [2.05, 4.69) is 9.97 Å². The van der Waals surface area contributed by atoms with Crippen molar-refractivity contribution < 1.29 is 17.6 Å². The Labute approximate surface area is 105 Å². The van der Waals surface area contributed by atoms with Gasteiger partial charge in [-0.3, -0.25) is 4.98 Å². The van der Waals surface area contributed by atoms with E-state index in [-0.39, 0.29) is 16.8 Å². The quantitative estimate of drug-likeness (QED) is 0.745. The number of aromatic nitrogens is 2. The van der Waals surface area contributed by atoms with Crippen molar-refractivity contribution in [3.8, 4) is 17.3 Å². The Morgan fingerprint density at radius 1 is 1.11 bits per heavy atom. The standard InChI is InChI=1S/C12H5F4N3/c13-11-7(4-17)2-1-3-8(11)9-5-19-10(6-18-9)12(14,15)16/h1-3,5-6H. The molecular formula is C12H5F4N3. The number of nitrogens with zero attached hydrogens (tertiary/aromatic N) is 3. The van der Waals surface area contributed by atoms with E-state index in [0.29, 0.717) is 6.20 Å². The van der Waals surface area contributed by atoms with Crippen LogP contribution in [-0.2, 0) is 6.18 Å². The van der Waals surface area contributed by atoms with Crippen LogP contribution in [0.5, 0.6) is 0 Å². The van der Waals surface area contributed by atoms with Crippen LogP contribution in [0.4, 0.5) is 17.6 Å². The normalized spacial score (nSPS) is 11.1. The molecule has 0 aliphatic carbocycles. The summed E-state index contributed by atoms with van der Waals surface area (Å²) in [6.07, 6.45) is -3.26. The number of halogens is 4. The van der Waals surface area contributed by atoms with Gasteiger partial charge in [-0.15, -0.1) is 0 Å². The first-order valence-corrected chi connectivity index (χ1v) is 5.01. The Balaban J connectivity index is 2.47. The van der Waals surface area contributed by atoms with E-state index >= 15 is 0 Å². The summed E-state index contributed by atoms with van der Waals surface area (Å²) in [4.78, 5) is 6.71. The third kappa shape index (κ3) is 2.52. The van der Waals surface area contributed by atoms with Crippen LogP contribution in [0.3, 0.4) is 0 Å². The average molecular weight is 267 g/mol. The lowest BCUT2D eigenvalue weighted by Gasteiger charge is -2.07. The molecule has 3 nitrogen and oxygen atoms in total. The van der Waals surface area contributed by atoms with Gasteiger partial charge < -0.3 is 0 Å². The Morgan fingerprint density at radius 2 is 1.84 bits per heavy atom. The minimum atomic E-state index is -4.60. The second-order valence-electron chi connectivity index (χ2n) is 3.56. The molecule has 0 spiro atoms. The van der Waals surface area contributed by atoms with Crippen LogP contribution in [-0.4, -0.2) is 9.97 Å². The average Bonchev–Trinajstić information content (AvgIpc) is 2.38. The first kappa shape index (κ1) is 13.0. The molecule has 0 aliphatic heterocycles. The summed E-state index contributed by atoms with van der Waals surface area (Å²) >= 11 is 0. The van der Waals surface area contributed by atoms with Gasteiger partial charge in [-0.1, -0.05) is 6.07 Å². The summed E-state index contributed by atoms with van der Waals surface area (Å²) in [7, 11) is 0. The topological polar surface area (TPSA) is 49.6 Å². The van der Waals surface area contributed by atoms with E-state index < -0.39 is 17.7 Å². The molecule has 0 amide bonds. The molecule has 0 atom stereocenters. The predicted molar refractivity (Wildman–Crippen MR) is 57.1 cm³/mol. The van der Waals surface area contributed by atoms with Gasteiger partial charge in [0.2, 0.25) is 0 Å². The monoisotopic (exact) mass is 267 g/mol. The molecule has 0 radical (unpaired) electrons. The van der Waals surface area contributed by atoms with E-state index in [1.807, 2.05) is 0 Å². The van der Waals surface area contributed by atoms with E-state index in [1.165, 1.54) is 18.2 Å². The largest absolute Gasteiger partial charge is 0.434 e. The van der Waals surface area contributed by atoms with Crippen LogP contribution >= 0.6 is 0 Å². The van der Waals surface area contributed by atoms with Gasteiger partial charge in [0.1, 0.15) is 11.9 Å². The van der Waals surface area contributed by atoms with Crippen molar-refractivity contribution in [2.75, 3.05) is 0 Å². The SMILES string of the molecule is N#Cc1cccc(-c2cnc(C(F)(F)F)cn2)c1F. The Hall–Kier alpha value is -2.49. The van der Waals surface area contributed by atoms with E-state index in [9.17, 15) is 17.6 Å². The van der Waals surface area contributed by atoms with Gasteiger partial charge >= 0.3 is 6.18 Å².